The molecule has 228 valence electrons. The Labute approximate surface area is 261 Å². The smallest absolute Gasteiger partial charge is 0.298 e. The van der Waals surface area contributed by atoms with Crippen LogP contribution in [0.3, 0.4) is 0 Å². The van der Waals surface area contributed by atoms with Crippen molar-refractivity contribution in [1.29, 1.82) is 5.26 Å². The van der Waals surface area contributed by atoms with Crippen molar-refractivity contribution in [2.24, 2.45) is 0 Å². The lowest BCUT2D eigenvalue weighted by Crippen LogP contribution is -2.54. The molecule has 11 nitrogen and oxygen atoms in total. The first-order chi connectivity index (χ1) is 21.7. The number of carbonyl (C=O) groups excluding carboxylic acids is 1. The van der Waals surface area contributed by atoms with Crippen LogP contribution in [-0.4, -0.2) is 73.5 Å². The maximum atomic E-state index is 14.5. The number of nitriles is 1. The number of piperazine rings is 1. The van der Waals surface area contributed by atoms with E-state index in [1.807, 2.05) is 35.2 Å². The molecule has 2 aromatic heterocycles. The van der Waals surface area contributed by atoms with Gasteiger partial charge in [-0.25, -0.2) is 15.0 Å². The summed E-state index contributed by atoms with van der Waals surface area (Å²) in [4.78, 5) is 47.1. The number of benzene rings is 2. The van der Waals surface area contributed by atoms with E-state index in [9.17, 15) is 14.9 Å². The van der Waals surface area contributed by atoms with Crippen molar-refractivity contribution in [3.8, 4) is 23.6 Å². The molecule has 0 aliphatic carbocycles. The van der Waals surface area contributed by atoms with Crippen LogP contribution in [0.5, 0.6) is 0 Å². The molecule has 4 heterocycles. The van der Waals surface area contributed by atoms with Crippen molar-refractivity contribution in [2.75, 3.05) is 43.4 Å². The van der Waals surface area contributed by atoms with Gasteiger partial charge >= 0.3 is 0 Å². The van der Waals surface area contributed by atoms with Crippen LogP contribution in [0.2, 0.25) is 0 Å². The first kappa shape index (κ1) is 29.8. The summed E-state index contributed by atoms with van der Waals surface area (Å²) in [6.45, 7) is 9.91. The average Bonchev–Trinajstić information content (AvgIpc) is 3.53. The minimum atomic E-state index is -0.355. The van der Waals surface area contributed by atoms with E-state index in [0.29, 0.717) is 59.9 Å². The highest BCUT2D eigenvalue weighted by Gasteiger charge is 2.34. The van der Waals surface area contributed by atoms with Crippen molar-refractivity contribution in [3.05, 3.63) is 82.2 Å². The van der Waals surface area contributed by atoms with Crippen LogP contribution < -0.4 is 16.2 Å². The molecule has 0 radical (unpaired) electrons. The average molecular weight is 602 g/mol. The highest BCUT2D eigenvalue weighted by atomic mass is 16.2. The number of fused-ring (bicyclic) bond motifs is 1. The molecule has 1 atom stereocenters. The zero-order valence-corrected chi connectivity index (χ0v) is 25.7. The number of hydrogen-bond donors (Lipinski definition) is 1. The molecule has 0 spiro atoms. The van der Waals surface area contributed by atoms with E-state index in [1.54, 1.807) is 27.7 Å². The number of carbonyl (C=O) groups is 1. The molecule has 45 heavy (non-hydrogen) atoms. The Balaban J connectivity index is 1.43. The molecule has 1 amide bonds. The van der Waals surface area contributed by atoms with Gasteiger partial charge in [-0.3, -0.25) is 19.1 Å². The number of aromatic nitrogens is 4. The molecule has 0 saturated carbocycles. The molecule has 6 rings (SSSR count). The van der Waals surface area contributed by atoms with Gasteiger partial charge in [-0.15, -0.1) is 0 Å². The third-order valence-corrected chi connectivity index (χ3v) is 8.55. The number of para-hydroxylation sites is 1. The second-order valence-electron chi connectivity index (χ2n) is 12.3. The first-order valence-electron chi connectivity index (χ1n) is 15.1. The molecule has 2 saturated heterocycles. The zero-order valence-electron chi connectivity index (χ0n) is 25.7. The first-order valence-corrected chi connectivity index (χ1v) is 15.1. The van der Waals surface area contributed by atoms with Crippen molar-refractivity contribution in [2.45, 2.75) is 45.2 Å². The van der Waals surface area contributed by atoms with E-state index in [4.69, 9.17) is 10.7 Å². The van der Waals surface area contributed by atoms with Crippen LogP contribution in [0.1, 0.15) is 56.6 Å². The molecule has 2 aromatic carbocycles. The Morgan fingerprint density at radius 3 is 2.47 bits per heavy atom. The van der Waals surface area contributed by atoms with Gasteiger partial charge in [0.15, 0.2) is 5.82 Å². The minimum absolute atomic E-state index is 0.0456. The lowest BCUT2D eigenvalue weighted by atomic mass is 10.0. The summed E-state index contributed by atoms with van der Waals surface area (Å²) in [5.74, 6) is 6.59. The fraction of sp³-hybridized carbons (Fsp3) is 0.353. The summed E-state index contributed by atoms with van der Waals surface area (Å²) < 4.78 is 1.61. The summed E-state index contributed by atoms with van der Waals surface area (Å²) in [5.41, 5.74) is 7.56. The fourth-order valence-corrected chi connectivity index (χ4v) is 6.18. The number of nitrogen functional groups attached to an aromatic ring is 1. The van der Waals surface area contributed by atoms with E-state index in [1.165, 1.54) is 6.33 Å². The number of nitrogens with two attached hydrogens (primary N) is 1. The Morgan fingerprint density at radius 2 is 1.76 bits per heavy atom. The molecule has 2 aliphatic heterocycles. The van der Waals surface area contributed by atoms with Gasteiger partial charge in [0.1, 0.15) is 29.6 Å². The van der Waals surface area contributed by atoms with E-state index < -0.39 is 0 Å². The number of rotatable bonds is 3. The fourth-order valence-electron chi connectivity index (χ4n) is 6.18. The van der Waals surface area contributed by atoms with Crippen LogP contribution in [0.15, 0.2) is 59.7 Å². The normalized spacial score (nSPS) is 17.2. The molecule has 2 fully saturated rings. The third kappa shape index (κ3) is 5.70. The molecule has 0 bridgehead atoms. The van der Waals surface area contributed by atoms with Crippen molar-refractivity contribution < 1.29 is 4.79 Å². The topological polar surface area (TPSA) is 137 Å². The Bertz CT molecular complexity index is 1920. The minimum Gasteiger partial charge on any atom is -0.382 e. The van der Waals surface area contributed by atoms with Gasteiger partial charge in [-0.2, -0.15) is 5.26 Å². The number of anilines is 2. The Hall–Kier alpha value is -5.26. The lowest BCUT2D eigenvalue weighted by Gasteiger charge is -2.41. The summed E-state index contributed by atoms with van der Waals surface area (Å²) in [6.07, 6.45) is 2.84. The van der Waals surface area contributed by atoms with Crippen molar-refractivity contribution >= 4 is 28.4 Å². The molecule has 0 unspecified atom stereocenters. The standard InChI is InChI=1S/C34H35N9O2/c1-34(2,3)41-19-17-40(18-20-41)28(44)15-14-23-9-7-12-26-29(23)33(45)43(24-10-5-4-6-11-24)32(39-26)27-13-8-16-42(27)31-25(21-35)30(36)37-22-38-31/h4-7,9-12,22,27H,8,13,16-20H2,1-3H3,(H2,36,37,38)/t27-/m0/s1. The summed E-state index contributed by atoms with van der Waals surface area (Å²) in [6, 6.07) is 16.5. The summed E-state index contributed by atoms with van der Waals surface area (Å²) in [7, 11) is 0. The molecule has 4 aromatic rings. The summed E-state index contributed by atoms with van der Waals surface area (Å²) in [5, 5.41) is 10.2. The predicted molar refractivity (Wildman–Crippen MR) is 173 cm³/mol. The Kier molecular flexibility index (Phi) is 7.96. The van der Waals surface area contributed by atoms with Crippen LogP contribution >= 0.6 is 0 Å². The van der Waals surface area contributed by atoms with Crippen molar-refractivity contribution in [3.63, 3.8) is 0 Å². The van der Waals surface area contributed by atoms with E-state index in [0.717, 1.165) is 19.5 Å². The molecular weight excluding hydrogens is 566 g/mol. The highest BCUT2D eigenvalue weighted by molar-refractivity contribution is 5.95. The number of hydrogen-bond acceptors (Lipinski definition) is 9. The molecular formula is C34H35N9O2. The largest absolute Gasteiger partial charge is 0.382 e. The van der Waals surface area contributed by atoms with Gasteiger partial charge in [0.05, 0.1) is 22.6 Å². The lowest BCUT2D eigenvalue weighted by molar-refractivity contribution is -0.127. The molecule has 2 aliphatic rings. The van der Waals surface area contributed by atoms with Crippen molar-refractivity contribution in [1.82, 2.24) is 29.3 Å². The van der Waals surface area contributed by atoms with E-state index >= 15 is 0 Å². The van der Waals surface area contributed by atoms with E-state index in [2.05, 4.69) is 53.5 Å². The number of amides is 1. The highest BCUT2D eigenvalue weighted by Crippen LogP contribution is 2.37. The van der Waals surface area contributed by atoms with Crippen LogP contribution in [0.25, 0.3) is 16.6 Å². The van der Waals surface area contributed by atoms with Crippen LogP contribution in [0.4, 0.5) is 11.6 Å². The van der Waals surface area contributed by atoms with Gasteiger partial charge < -0.3 is 15.5 Å². The second kappa shape index (κ2) is 12.0. The van der Waals surface area contributed by atoms with Gasteiger partial charge in [0, 0.05) is 49.7 Å². The maximum absolute atomic E-state index is 14.5. The van der Waals surface area contributed by atoms with Gasteiger partial charge in [-0.1, -0.05) is 30.2 Å². The van der Waals surface area contributed by atoms with Crippen LogP contribution in [0, 0.1) is 23.2 Å². The van der Waals surface area contributed by atoms with Gasteiger partial charge in [0.25, 0.3) is 11.5 Å². The maximum Gasteiger partial charge on any atom is 0.298 e. The molecule has 2 N–H and O–H groups in total. The zero-order chi connectivity index (χ0) is 31.7. The Morgan fingerprint density at radius 1 is 1.00 bits per heavy atom. The van der Waals surface area contributed by atoms with E-state index in [-0.39, 0.29) is 34.4 Å². The van der Waals surface area contributed by atoms with Crippen LogP contribution in [-0.2, 0) is 4.79 Å². The quantitative estimate of drug-likeness (QED) is 0.351. The second-order valence-corrected chi connectivity index (χ2v) is 12.3. The third-order valence-electron chi connectivity index (χ3n) is 8.55. The molecule has 11 heteroatoms. The predicted octanol–water partition coefficient (Wildman–Crippen LogP) is 3.27. The monoisotopic (exact) mass is 601 g/mol. The van der Waals surface area contributed by atoms with Gasteiger partial charge in [-0.05, 0) is 57.9 Å². The summed E-state index contributed by atoms with van der Waals surface area (Å²) >= 11 is 0. The SMILES string of the molecule is CC(C)(C)N1CCN(C(=O)C#Cc2cccc3nc([C@@H]4CCCN4c4ncnc(N)c4C#N)n(-c4ccccc4)c(=O)c23)CC1. The number of nitrogens with zero attached hydrogens (tertiary/aromatic N) is 8. The van der Waals surface area contributed by atoms with Gasteiger partial charge in [0.2, 0.25) is 0 Å².